The van der Waals surface area contributed by atoms with Crippen LogP contribution >= 0.6 is 39.3 Å². The van der Waals surface area contributed by atoms with Crippen LogP contribution in [-0.4, -0.2) is 16.4 Å². The first kappa shape index (κ1) is 8.62. The van der Waals surface area contributed by atoms with Gasteiger partial charge in [0.25, 0.3) is 0 Å². The fraction of sp³-hybridized carbons (Fsp3) is 0.500. The lowest BCUT2D eigenvalue weighted by molar-refractivity contribution is -0.115. The molecule has 0 spiro atoms. The van der Waals surface area contributed by atoms with Gasteiger partial charge in [0.15, 0.2) is 5.78 Å². The summed E-state index contributed by atoms with van der Waals surface area (Å²) in [7, 11) is 0. The van der Waals surface area contributed by atoms with Gasteiger partial charge in [0.05, 0.1) is 14.9 Å². The zero-order valence-corrected chi connectivity index (χ0v) is 8.30. The van der Waals surface area contributed by atoms with E-state index in [-0.39, 0.29) is 11.0 Å². The summed E-state index contributed by atoms with van der Waals surface area (Å²) in [6, 6.07) is 0. The van der Waals surface area contributed by atoms with E-state index in [9.17, 15) is 4.79 Å². The lowest BCUT2D eigenvalue weighted by atomic mass is 10.2. The van der Waals surface area contributed by atoms with Gasteiger partial charge in [0.2, 0.25) is 0 Å². The molecule has 0 bridgehead atoms. The lowest BCUT2D eigenvalue weighted by Gasteiger charge is -2.02. The molecule has 0 radical (unpaired) electrons. The molecule has 1 unspecified atom stereocenters. The SMILES string of the molecule is O=C(CBr)C1CC=C(Cl)S1. The Hall–Kier alpha value is 0.530. The van der Waals surface area contributed by atoms with E-state index in [0.717, 1.165) is 10.8 Å². The van der Waals surface area contributed by atoms with E-state index < -0.39 is 0 Å². The van der Waals surface area contributed by atoms with Gasteiger partial charge in [-0.3, -0.25) is 4.79 Å². The van der Waals surface area contributed by atoms with Crippen molar-refractivity contribution < 1.29 is 4.79 Å². The van der Waals surface area contributed by atoms with Crippen LogP contribution in [0.5, 0.6) is 0 Å². The van der Waals surface area contributed by atoms with Crippen LogP contribution in [-0.2, 0) is 4.79 Å². The predicted octanol–water partition coefficient (Wildman–Crippen LogP) is 2.54. The molecule has 4 heteroatoms. The minimum Gasteiger partial charge on any atom is -0.297 e. The highest BCUT2D eigenvalue weighted by Gasteiger charge is 2.22. The number of carbonyl (C=O) groups excluding carboxylic acids is 1. The molecule has 0 amide bonds. The minimum atomic E-state index is 0.0619. The zero-order valence-electron chi connectivity index (χ0n) is 5.14. The third kappa shape index (κ3) is 2.01. The maximum absolute atomic E-state index is 11.0. The van der Waals surface area contributed by atoms with Crippen LogP contribution in [0.2, 0.25) is 0 Å². The Bertz CT molecular complexity index is 181. The Balaban J connectivity index is 2.42. The van der Waals surface area contributed by atoms with Crippen LogP contribution in [0.1, 0.15) is 6.42 Å². The van der Waals surface area contributed by atoms with Gasteiger partial charge < -0.3 is 0 Å². The summed E-state index contributed by atoms with van der Waals surface area (Å²) in [5.74, 6) is 0.219. The number of Topliss-reactive ketones (excluding diaryl/α,β-unsaturated/α-hetero) is 1. The first-order chi connectivity index (χ1) is 4.74. The summed E-state index contributed by atoms with van der Waals surface area (Å²) >= 11 is 10.2. The van der Waals surface area contributed by atoms with Crippen molar-refractivity contribution in [1.29, 1.82) is 0 Å². The summed E-state index contributed by atoms with van der Waals surface area (Å²) in [5, 5.41) is 0.495. The second-order valence-corrected chi connectivity index (χ2v) is 4.39. The summed E-state index contributed by atoms with van der Waals surface area (Å²) in [6.45, 7) is 0. The molecule has 1 aliphatic heterocycles. The minimum absolute atomic E-state index is 0.0619. The molecule has 0 aliphatic carbocycles. The van der Waals surface area contributed by atoms with Crippen molar-refractivity contribution in [2.45, 2.75) is 11.7 Å². The van der Waals surface area contributed by atoms with E-state index in [1.54, 1.807) is 0 Å². The highest BCUT2D eigenvalue weighted by Crippen LogP contribution is 2.35. The van der Waals surface area contributed by atoms with Gasteiger partial charge in [-0.25, -0.2) is 0 Å². The van der Waals surface area contributed by atoms with Crippen LogP contribution in [0.15, 0.2) is 10.4 Å². The van der Waals surface area contributed by atoms with Gasteiger partial charge in [-0.15, -0.1) is 11.8 Å². The van der Waals surface area contributed by atoms with Crippen molar-refractivity contribution >= 4 is 45.1 Å². The molecule has 0 aromatic carbocycles. The normalized spacial score (nSPS) is 24.6. The molecule has 0 saturated carbocycles. The summed E-state index contributed by atoms with van der Waals surface area (Å²) in [6.07, 6.45) is 2.67. The number of hydrogen-bond donors (Lipinski definition) is 0. The number of ketones is 1. The second-order valence-electron chi connectivity index (χ2n) is 1.95. The third-order valence-electron chi connectivity index (χ3n) is 1.24. The van der Waals surface area contributed by atoms with Crippen molar-refractivity contribution in [2.24, 2.45) is 0 Å². The number of thioether (sulfide) groups is 1. The number of allylic oxidation sites excluding steroid dienone is 1. The standard InChI is InChI=1S/C6H6BrClOS/c7-3-4(9)5-1-2-6(8)10-5/h2,5H,1,3H2. The van der Waals surface area contributed by atoms with Crippen LogP contribution < -0.4 is 0 Å². The van der Waals surface area contributed by atoms with E-state index in [1.165, 1.54) is 11.8 Å². The predicted molar refractivity (Wildman–Crippen MR) is 48.7 cm³/mol. The Kier molecular flexibility index (Phi) is 3.27. The van der Waals surface area contributed by atoms with Gasteiger partial charge in [-0.05, 0) is 6.42 Å². The third-order valence-corrected chi connectivity index (χ3v) is 3.34. The maximum Gasteiger partial charge on any atom is 0.157 e. The molecule has 0 aromatic heterocycles. The zero-order chi connectivity index (χ0) is 7.56. The quantitative estimate of drug-likeness (QED) is 0.691. The Morgan fingerprint density at radius 2 is 2.70 bits per heavy atom. The van der Waals surface area contributed by atoms with Gasteiger partial charge in [-0.2, -0.15) is 0 Å². The van der Waals surface area contributed by atoms with Gasteiger partial charge in [0.1, 0.15) is 0 Å². The smallest absolute Gasteiger partial charge is 0.157 e. The molecule has 56 valence electrons. The molecular formula is C6H6BrClOS. The van der Waals surface area contributed by atoms with Crippen LogP contribution in [0.3, 0.4) is 0 Å². The largest absolute Gasteiger partial charge is 0.297 e. The summed E-state index contributed by atoms with van der Waals surface area (Å²) in [5.41, 5.74) is 0. The molecule has 10 heavy (non-hydrogen) atoms. The van der Waals surface area contributed by atoms with Gasteiger partial charge >= 0.3 is 0 Å². The number of rotatable bonds is 2. The average molecular weight is 242 g/mol. The Labute approximate surface area is 77.3 Å². The molecule has 0 aromatic rings. The highest BCUT2D eigenvalue weighted by atomic mass is 79.9. The molecule has 0 fully saturated rings. The van der Waals surface area contributed by atoms with Crippen molar-refractivity contribution in [3.05, 3.63) is 10.4 Å². The molecule has 1 heterocycles. The Morgan fingerprint density at radius 3 is 3.10 bits per heavy atom. The second kappa shape index (κ2) is 3.79. The van der Waals surface area contributed by atoms with E-state index in [2.05, 4.69) is 15.9 Å². The molecule has 1 atom stereocenters. The number of halogens is 2. The average Bonchev–Trinajstić information content (AvgIpc) is 2.34. The fourth-order valence-corrected chi connectivity index (χ4v) is 2.60. The maximum atomic E-state index is 11.0. The molecule has 0 saturated heterocycles. The summed E-state index contributed by atoms with van der Waals surface area (Å²) in [4.78, 5) is 11.0. The molecule has 0 N–H and O–H groups in total. The van der Waals surface area contributed by atoms with Crippen LogP contribution in [0.4, 0.5) is 0 Å². The summed E-state index contributed by atoms with van der Waals surface area (Å²) < 4.78 is 0.749. The van der Waals surface area contributed by atoms with E-state index in [1.807, 2.05) is 6.08 Å². The molecule has 1 nitrogen and oxygen atoms in total. The van der Waals surface area contributed by atoms with Gasteiger partial charge in [0, 0.05) is 0 Å². The topological polar surface area (TPSA) is 17.1 Å². The molecular weight excluding hydrogens is 235 g/mol. The lowest BCUT2D eigenvalue weighted by Crippen LogP contribution is -2.14. The van der Waals surface area contributed by atoms with Crippen LogP contribution in [0, 0.1) is 0 Å². The fourth-order valence-electron chi connectivity index (χ4n) is 0.715. The van der Waals surface area contributed by atoms with E-state index in [4.69, 9.17) is 11.6 Å². The number of alkyl halides is 1. The molecule has 1 rings (SSSR count). The highest BCUT2D eigenvalue weighted by molar-refractivity contribution is 9.09. The molecule has 1 aliphatic rings. The number of hydrogen-bond acceptors (Lipinski definition) is 2. The van der Waals surface area contributed by atoms with Crippen molar-refractivity contribution in [3.63, 3.8) is 0 Å². The van der Waals surface area contributed by atoms with Crippen molar-refractivity contribution in [2.75, 3.05) is 5.33 Å². The Morgan fingerprint density at radius 1 is 2.00 bits per heavy atom. The first-order valence-corrected chi connectivity index (χ1v) is 5.23. The number of carbonyl (C=O) groups is 1. The first-order valence-electron chi connectivity index (χ1n) is 2.85. The van der Waals surface area contributed by atoms with Crippen LogP contribution in [0.25, 0.3) is 0 Å². The van der Waals surface area contributed by atoms with E-state index in [0.29, 0.717) is 5.33 Å². The van der Waals surface area contributed by atoms with Crippen molar-refractivity contribution in [3.8, 4) is 0 Å². The van der Waals surface area contributed by atoms with E-state index >= 15 is 0 Å². The monoisotopic (exact) mass is 240 g/mol. The van der Waals surface area contributed by atoms with Crippen molar-refractivity contribution in [1.82, 2.24) is 0 Å². The van der Waals surface area contributed by atoms with Gasteiger partial charge in [-0.1, -0.05) is 33.6 Å².